The number of pyridine rings is 1. The Balaban J connectivity index is 1.38. The average Bonchev–Trinajstić information content (AvgIpc) is 2.90. The van der Waals surface area contributed by atoms with E-state index < -0.39 is 28.4 Å². The number of hydrogen-bond acceptors (Lipinski definition) is 5. The number of aromatic nitrogens is 1. The third-order valence-corrected chi connectivity index (χ3v) is 7.81. The van der Waals surface area contributed by atoms with Gasteiger partial charge in [-0.15, -0.1) is 0 Å². The summed E-state index contributed by atoms with van der Waals surface area (Å²) in [7, 11) is -4.01. The molecule has 1 fully saturated rings. The van der Waals surface area contributed by atoms with Gasteiger partial charge < -0.3 is 9.47 Å². The SMILES string of the molecule is O=C(CN1C(=O)c2ccccc2S1(=O)=O)N1C[C@@H]2C[C@@H](C1)c1cccc(=O)n1C2. The first-order valence-corrected chi connectivity index (χ1v) is 10.9. The summed E-state index contributed by atoms with van der Waals surface area (Å²) in [6.45, 7) is 0.900. The number of hydrogen-bond donors (Lipinski definition) is 0. The molecule has 4 heterocycles. The molecule has 1 aromatic carbocycles. The number of rotatable bonds is 2. The average molecular weight is 413 g/mol. The molecule has 2 aromatic rings. The molecule has 5 rings (SSSR count). The van der Waals surface area contributed by atoms with Crippen LogP contribution in [0.3, 0.4) is 0 Å². The molecule has 9 heteroatoms. The zero-order valence-corrected chi connectivity index (χ0v) is 16.3. The summed E-state index contributed by atoms with van der Waals surface area (Å²) in [6, 6.07) is 11.2. The molecular formula is C20H19N3O5S. The molecule has 0 radical (unpaired) electrons. The van der Waals surface area contributed by atoms with Crippen molar-refractivity contribution in [2.45, 2.75) is 23.8 Å². The van der Waals surface area contributed by atoms with E-state index in [0.29, 0.717) is 23.9 Å². The highest BCUT2D eigenvalue weighted by Gasteiger charge is 2.43. The largest absolute Gasteiger partial charge is 0.340 e. The molecule has 1 aromatic heterocycles. The molecule has 3 aliphatic rings. The van der Waals surface area contributed by atoms with Crippen LogP contribution in [0, 0.1) is 5.92 Å². The zero-order chi connectivity index (χ0) is 20.3. The second-order valence-corrected chi connectivity index (χ2v) is 9.64. The van der Waals surface area contributed by atoms with E-state index in [0.717, 1.165) is 12.1 Å². The molecule has 2 amide bonds. The molecule has 0 saturated carbocycles. The van der Waals surface area contributed by atoms with Crippen LogP contribution in [-0.4, -0.2) is 53.6 Å². The van der Waals surface area contributed by atoms with Crippen molar-refractivity contribution in [1.29, 1.82) is 0 Å². The van der Waals surface area contributed by atoms with Crippen molar-refractivity contribution in [3.8, 4) is 0 Å². The topological polar surface area (TPSA) is 96.8 Å². The Labute approximate surface area is 167 Å². The van der Waals surface area contributed by atoms with Crippen LogP contribution in [-0.2, 0) is 21.4 Å². The highest BCUT2D eigenvalue weighted by atomic mass is 32.2. The van der Waals surface area contributed by atoms with Gasteiger partial charge in [0.15, 0.2) is 0 Å². The van der Waals surface area contributed by atoms with Gasteiger partial charge in [0.05, 0.1) is 5.56 Å². The molecule has 0 aliphatic carbocycles. The zero-order valence-electron chi connectivity index (χ0n) is 15.5. The van der Waals surface area contributed by atoms with E-state index in [1.165, 1.54) is 18.2 Å². The Kier molecular flexibility index (Phi) is 3.92. The Hall–Kier alpha value is -2.94. The van der Waals surface area contributed by atoms with Gasteiger partial charge in [-0.3, -0.25) is 14.4 Å². The van der Waals surface area contributed by atoms with E-state index in [1.54, 1.807) is 27.7 Å². The third-order valence-electron chi connectivity index (χ3n) is 6.02. The summed E-state index contributed by atoms with van der Waals surface area (Å²) in [5, 5.41) is 0. The van der Waals surface area contributed by atoms with Gasteiger partial charge in [0.25, 0.3) is 21.5 Å². The van der Waals surface area contributed by atoms with E-state index in [1.807, 2.05) is 6.07 Å². The van der Waals surface area contributed by atoms with Gasteiger partial charge in [0.1, 0.15) is 11.4 Å². The number of benzene rings is 1. The first kappa shape index (κ1) is 18.1. The summed E-state index contributed by atoms with van der Waals surface area (Å²) in [4.78, 5) is 39.2. The summed E-state index contributed by atoms with van der Waals surface area (Å²) in [5.74, 6) is -0.893. The molecule has 0 unspecified atom stereocenters. The molecule has 2 bridgehead atoms. The molecule has 0 N–H and O–H groups in total. The van der Waals surface area contributed by atoms with Gasteiger partial charge in [0.2, 0.25) is 5.91 Å². The van der Waals surface area contributed by atoms with Crippen molar-refractivity contribution in [2.75, 3.05) is 19.6 Å². The van der Waals surface area contributed by atoms with Crippen LogP contribution < -0.4 is 5.56 Å². The molecule has 29 heavy (non-hydrogen) atoms. The van der Waals surface area contributed by atoms with Crippen molar-refractivity contribution >= 4 is 21.8 Å². The van der Waals surface area contributed by atoms with E-state index >= 15 is 0 Å². The Morgan fingerprint density at radius 3 is 2.59 bits per heavy atom. The van der Waals surface area contributed by atoms with Gasteiger partial charge in [-0.2, -0.15) is 0 Å². The van der Waals surface area contributed by atoms with Crippen molar-refractivity contribution in [3.63, 3.8) is 0 Å². The molecule has 150 valence electrons. The fourth-order valence-corrected chi connectivity index (χ4v) is 6.23. The summed E-state index contributed by atoms with van der Waals surface area (Å²) in [5.41, 5.74) is 0.969. The van der Waals surface area contributed by atoms with Crippen molar-refractivity contribution in [3.05, 3.63) is 64.1 Å². The van der Waals surface area contributed by atoms with Crippen molar-refractivity contribution in [2.24, 2.45) is 5.92 Å². The van der Waals surface area contributed by atoms with Crippen molar-refractivity contribution < 1.29 is 18.0 Å². The van der Waals surface area contributed by atoms with Crippen LogP contribution in [0.5, 0.6) is 0 Å². The Morgan fingerprint density at radius 2 is 1.79 bits per heavy atom. The number of carbonyl (C=O) groups is 2. The quantitative estimate of drug-likeness (QED) is 0.720. The second kappa shape index (κ2) is 6.28. The monoisotopic (exact) mass is 413 g/mol. The predicted octanol–water partition coefficient (Wildman–Crippen LogP) is 0.639. The highest BCUT2D eigenvalue weighted by Crippen LogP contribution is 2.35. The minimum atomic E-state index is -4.01. The highest BCUT2D eigenvalue weighted by molar-refractivity contribution is 7.90. The lowest BCUT2D eigenvalue weighted by atomic mass is 9.83. The fraction of sp³-hybridized carbons (Fsp3) is 0.350. The first-order valence-electron chi connectivity index (χ1n) is 9.50. The predicted molar refractivity (Wildman–Crippen MR) is 103 cm³/mol. The van der Waals surface area contributed by atoms with Gasteiger partial charge >= 0.3 is 0 Å². The van der Waals surface area contributed by atoms with Gasteiger partial charge in [-0.1, -0.05) is 18.2 Å². The maximum atomic E-state index is 12.9. The minimum absolute atomic E-state index is 0.0310. The van der Waals surface area contributed by atoms with Crippen LogP contribution in [0.25, 0.3) is 0 Å². The van der Waals surface area contributed by atoms with Crippen LogP contribution in [0.1, 0.15) is 28.4 Å². The molecule has 0 spiro atoms. The number of amides is 2. The van der Waals surface area contributed by atoms with Crippen LogP contribution in [0.2, 0.25) is 0 Å². The van der Waals surface area contributed by atoms with E-state index in [9.17, 15) is 22.8 Å². The minimum Gasteiger partial charge on any atom is -0.340 e. The standard InChI is InChI=1S/C20H19N3O5S/c24-18-7-3-5-16-14-8-13(10-22(16)18)9-21(11-14)19(25)12-23-20(26)15-4-1-2-6-17(15)29(23,27)28/h1-7,13-14H,8-12H2/t13-,14-/m0/s1. The number of nitrogens with zero attached hydrogens (tertiary/aromatic N) is 3. The maximum Gasteiger partial charge on any atom is 0.269 e. The first-order chi connectivity index (χ1) is 13.9. The number of piperidine rings is 1. The van der Waals surface area contributed by atoms with Crippen LogP contribution in [0.15, 0.2) is 52.2 Å². The smallest absolute Gasteiger partial charge is 0.269 e. The molecule has 8 nitrogen and oxygen atoms in total. The van der Waals surface area contributed by atoms with Gasteiger partial charge in [-0.05, 0) is 30.5 Å². The Bertz CT molecular complexity index is 1200. The number of likely N-dealkylation sites (tertiary alicyclic amines) is 1. The number of carbonyl (C=O) groups excluding carboxylic acids is 2. The van der Waals surface area contributed by atoms with E-state index in [4.69, 9.17) is 0 Å². The third kappa shape index (κ3) is 2.71. The molecular weight excluding hydrogens is 394 g/mol. The molecule has 2 atom stereocenters. The van der Waals surface area contributed by atoms with Gasteiger partial charge in [-0.25, -0.2) is 12.7 Å². The fourth-order valence-electron chi connectivity index (χ4n) is 4.71. The van der Waals surface area contributed by atoms with E-state index in [2.05, 4.69) is 0 Å². The Morgan fingerprint density at radius 1 is 1.00 bits per heavy atom. The number of sulfonamides is 1. The summed E-state index contributed by atoms with van der Waals surface area (Å²) >= 11 is 0. The lowest BCUT2D eigenvalue weighted by Crippen LogP contribution is -2.51. The lowest BCUT2D eigenvalue weighted by Gasteiger charge is -2.43. The lowest BCUT2D eigenvalue weighted by molar-refractivity contribution is -0.133. The summed E-state index contributed by atoms with van der Waals surface area (Å²) < 4.78 is 27.9. The van der Waals surface area contributed by atoms with Crippen LogP contribution >= 0.6 is 0 Å². The normalized spacial score (nSPS) is 24.2. The van der Waals surface area contributed by atoms with Crippen molar-refractivity contribution in [1.82, 2.24) is 13.8 Å². The summed E-state index contributed by atoms with van der Waals surface area (Å²) in [6.07, 6.45) is 0.889. The van der Waals surface area contributed by atoms with E-state index in [-0.39, 0.29) is 27.9 Å². The molecule has 1 saturated heterocycles. The van der Waals surface area contributed by atoms with Crippen LogP contribution in [0.4, 0.5) is 0 Å². The van der Waals surface area contributed by atoms with Gasteiger partial charge in [0, 0.05) is 37.3 Å². The second-order valence-electron chi connectivity index (χ2n) is 7.81. The maximum absolute atomic E-state index is 12.9. The molecule has 3 aliphatic heterocycles. The number of fused-ring (bicyclic) bond motifs is 5.